The van der Waals surface area contributed by atoms with Gasteiger partial charge in [0, 0.05) is 32.3 Å². The van der Waals surface area contributed by atoms with Crippen LogP contribution in [0.1, 0.15) is 181 Å². The van der Waals surface area contributed by atoms with E-state index >= 15 is 0 Å². The molecule has 0 aromatic carbocycles. The van der Waals surface area contributed by atoms with Crippen LogP contribution in [0.15, 0.2) is 48.6 Å². The minimum atomic E-state index is 0.232. The Kier molecular flexibility index (Phi) is 35.2. The van der Waals surface area contributed by atoms with E-state index in [9.17, 15) is 0 Å². The fourth-order valence-corrected chi connectivity index (χ4v) is 6.73. The van der Waals surface area contributed by atoms with Crippen LogP contribution >= 0.6 is 0 Å². The number of likely N-dealkylation sites (N-methyl/N-ethyl adjacent to an activating group) is 1. The van der Waals surface area contributed by atoms with Crippen LogP contribution in [0, 0.1) is 0 Å². The molecule has 292 valence electrons. The molecule has 4 heteroatoms. The third-order valence-electron chi connectivity index (χ3n) is 10.2. The highest BCUT2D eigenvalue weighted by molar-refractivity contribution is 4.93. The Hall–Kier alpha value is -1.20. The lowest BCUT2D eigenvalue weighted by atomic mass is 10.1. The van der Waals surface area contributed by atoms with E-state index in [2.05, 4.69) is 86.4 Å². The summed E-state index contributed by atoms with van der Waals surface area (Å²) in [7, 11) is 4.43. The Labute approximate surface area is 313 Å². The second-order valence-corrected chi connectivity index (χ2v) is 15.2. The van der Waals surface area contributed by atoms with Gasteiger partial charge in [-0.3, -0.25) is 0 Å². The van der Waals surface area contributed by atoms with Gasteiger partial charge in [-0.05, 0) is 111 Å². The summed E-state index contributed by atoms with van der Waals surface area (Å²) in [5.41, 5.74) is 0. The molecular formula is C46H86N2O2. The summed E-state index contributed by atoms with van der Waals surface area (Å²) < 4.78 is 12.6. The van der Waals surface area contributed by atoms with E-state index in [1.54, 1.807) is 0 Å². The molecule has 0 amide bonds. The summed E-state index contributed by atoms with van der Waals surface area (Å²) in [4.78, 5) is 5.01. The maximum atomic E-state index is 6.44. The van der Waals surface area contributed by atoms with E-state index in [0.29, 0.717) is 6.04 Å². The van der Waals surface area contributed by atoms with E-state index in [0.717, 1.165) is 45.6 Å². The highest BCUT2D eigenvalue weighted by atomic mass is 16.5. The predicted molar refractivity (Wildman–Crippen MR) is 222 cm³/mol. The van der Waals surface area contributed by atoms with Crippen molar-refractivity contribution in [3.05, 3.63) is 48.6 Å². The van der Waals surface area contributed by atoms with Crippen molar-refractivity contribution in [2.24, 2.45) is 0 Å². The summed E-state index contributed by atoms with van der Waals surface area (Å²) in [5, 5.41) is 0. The standard InChI is InChI=1S/C46H86N2O2/c1-5-7-9-11-13-15-17-19-21-23-25-27-29-31-33-35-41-49-44-46(38-40-48-39-37-45(43-48)47(3)4)50-42-36-34-32-30-28-26-24-22-20-18-16-14-12-10-8-6-2/h13-16,19-22,45-46H,5-12,17-18,23-44H2,1-4H3/b15-13+,16-14+,21-19+,22-20+. The zero-order valence-electron chi connectivity index (χ0n) is 34.1. The van der Waals surface area contributed by atoms with Gasteiger partial charge in [0.15, 0.2) is 0 Å². The molecule has 0 aromatic rings. The maximum absolute atomic E-state index is 6.44. The van der Waals surface area contributed by atoms with Crippen molar-refractivity contribution in [3.63, 3.8) is 0 Å². The van der Waals surface area contributed by atoms with Crippen LogP contribution in [0.3, 0.4) is 0 Å². The molecule has 1 saturated heterocycles. The molecule has 0 spiro atoms. The van der Waals surface area contributed by atoms with Crippen molar-refractivity contribution in [3.8, 4) is 0 Å². The van der Waals surface area contributed by atoms with Gasteiger partial charge < -0.3 is 19.3 Å². The second kappa shape index (κ2) is 37.6. The van der Waals surface area contributed by atoms with Gasteiger partial charge in [0.1, 0.15) is 0 Å². The minimum absolute atomic E-state index is 0.232. The lowest BCUT2D eigenvalue weighted by molar-refractivity contribution is -0.0257. The molecule has 0 saturated carbocycles. The summed E-state index contributed by atoms with van der Waals surface area (Å²) in [6.07, 6.45) is 52.3. The fraction of sp³-hybridized carbons (Fsp3) is 0.826. The quantitative estimate of drug-likeness (QED) is 0.0476. The SMILES string of the molecule is CCCCC/C=C/C/C=C/CCCCCCCCOCC(CCN1CCC(N(C)C)C1)OCCCCCCCC/C=C/C/C=C/CCCCC. The smallest absolute Gasteiger partial charge is 0.0820 e. The number of hydrogen-bond acceptors (Lipinski definition) is 4. The van der Waals surface area contributed by atoms with Gasteiger partial charge in [0.2, 0.25) is 0 Å². The van der Waals surface area contributed by atoms with Crippen LogP contribution in [0.25, 0.3) is 0 Å². The highest BCUT2D eigenvalue weighted by Gasteiger charge is 2.24. The monoisotopic (exact) mass is 699 g/mol. The number of likely N-dealkylation sites (tertiary alicyclic amines) is 1. The number of rotatable bonds is 37. The summed E-state index contributed by atoms with van der Waals surface area (Å²) in [6, 6.07) is 0.702. The van der Waals surface area contributed by atoms with Crippen LogP contribution in [0.2, 0.25) is 0 Å². The number of hydrogen-bond donors (Lipinski definition) is 0. The molecule has 0 bridgehead atoms. The van der Waals surface area contributed by atoms with Crippen LogP contribution in [-0.2, 0) is 9.47 Å². The van der Waals surface area contributed by atoms with Crippen LogP contribution < -0.4 is 0 Å². The molecule has 1 fully saturated rings. The first-order chi connectivity index (χ1) is 24.7. The molecule has 2 atom stereocenters. The fourth-order valence-electron chi connectivity index (χ4n) is 6.73. The summed E-state index contributed by atoms with van der Waals surface area (Å²) in [6.45, 7) is 10.6. The Morgan fingerprint density at radius 3 is 1.52 bits per heavy atom. The molecule has 1 aliphatic heterocycles. The maximum Gasteiger partial charge on any atom is 0.0820 e. The molecule has 1 aliphatic rings. The van der Waals surface area contributed by atoms with Gasteiger partial charge in [0.25, 0.3) is 0 Å². The van der Waals surface area contributed by atoms with Gasteiger partial charge in [-0.25, -0.2) is 0 Å². The number of ether oxygens (including phenoxy) is 2. The Morgan fingerprint density at radius 1 is 0.580 bits per heavy atom. The molecule has 4 nitrogen and oxygen atoms in total. The summed E-state index contributed by atoms with van der Waals surface area (Å²) >= 11 is 0. The average Bonchev–Trinajstić information content (AvgIpc) is 3.60. The van der Waals surface area contributed by atoms with Crippen molar-refractivity contribution in [2.45, 2.75) is 193 Å². The molecule has 1 heterocycles. The third-order valence-corrected chi connectivity index (χ3v) is 10.2. The first kappa shape index (κ1) is 46.8. The molecule has 0 aromatic heterocycles. The normalized spacial score (nSPS) is 16.5. The van der Waals surface area contributed by atoms with Gasteiger partial charge in [-0.15, -0.1) is 0 Å². The molecule has 0 aliphatic carbocycles. The van der Waals surface area contributed by atoms with E-state index in [1.165, 1.54) is 161 Å². The van der Waals surface area contributed by atoms with E-state index in [-0.39, 0.29) is 6.10 Å². The minimum Gasteiger partial charge on any atom is -0.379 e. The Balaban J connectivity index is 2.10. The first-order valence-corrected chi connectivity index (χ1v) is 21.8. The second-order valence-electron chi connectivity index (χ2n) is 15.2. The Morgan fingerprint density at radius 2 is 1.04 bits per heavy atom. The number of nitrogens with zero attached hydrogens (tertiary/aromatic N) is 2. The first-order valence-electron chi connectivity index (χ1n) is 21.8. The zero-order valence-corrected chi connectivity index (χ0v) is 34.1. The van der Waals surface area contributed by atoms with Gasteiger partial charge in [-0.1, -0.05) is 140 Å². The zero-order chi connectivity index (χ0) is 36.0. The van der Waals surface area contributed by atoms with E-state index < -0.39 is 0 Å². The molecule has 2 unspecified atom stereocenters. The molecular weight excluding hydrogens is 613 g/mol. The van der Waals surface area contributed by atoms with Crippen LogP contribution in [0.5, 0.6) is 0 Å². The average molecular weight is 699 g/mol. The van der Waals surface area contributed by atoms with Crippen LogP contribution in [0.4, 0.5) is 0 Å². The molecule has 0 N–H and O–H groups in total. The molecule has 0 radical (unpaired) electrons. The number of allylic oxidation sites excluding steroid dienone is 8. The van der Waals surface area contributed by atoms with Crippen molar-refractivity contribution in [1.29, 1.82) is 0 Å². The summed E-state index contributed by atoms with van der Waals surface area (Å²) in [5.74, 6) is 0. The van der Waals surface area contributed by atoms with Crippen molar-refractivity contribution in [2.75, 3.05) is 53.6 Å². The van der Waals surface area contributed by atoms with Crippen molar-refractivity contribution < 1.29 is 9.47 Å². The largest absolute Gasteiger partial charge is 0.379 e. The van der Waals surface area contributed by atoms with Gasteiger partial charge in [0.05, 0.1) is 12.7 Å². The van der Waals surface area contributed by atoms with E-state index in [4.69, 9.17) is 9.47 Å². The van der Waals surface area contributed by atoms with Gasteiger partial charge >= 0.3 is 0 Å². The van der Waals surface area contributed by atoms with Crippen molar-refractivity contribution >= 4 is 0 Å². The lowest BCUT2D eigenvalue weighted by Crippen LogP contribution is -2.33. The van der Waals surface area contributed by atoms with Gasteiger partial charge in [-0.2, -0.15) is 0 Å². The lowest BCUT2D eigenvalue weighted by Gasteiger charge is -2.23. The predicted octanol–water partition coefficient (Wildman–Crippen LogP) is 13.0. The Bertz CT molecular complexity index is 804. The van der Waals surface area contributed by atoms with E-state index in [1.807, 2.05) is 0 Å². The number of unbranched alkanes of at least 4 members (excludes halogenated alkanes) is 18. The van der Waals surface area contributed by atoms with Crippen molar-refractivity contribution in [1.82, 2.24) is 9.80 Å². The van der Waals surface area contributed by atoms with Crippen LogP contribution in [-0.4, -0.2) is 75.5 Å². The highest BCUT2D eigenvalue weighted by Crippen LogP contribution is 2.16. The molecule has 50 heavy (non-hydrogen) atoms. The third kappa shape index (κ3) is 31.5. The topological polar surface area (TPSA) is 24.9 Å². The molecule has 1 rings (SSSR count).